The van der Waals surface area contributed by atoms with Gasteiger partial charge in [-0.15, -0.1) is 0 Å². The van der Waals surface area contributed by atoms with E-state index in [-0.39, 0.29) is 11.6 Å². The number of hydrogen-bond donors (Lipinski definition) is 3. The summed E-state index contributed by atoms with van der Waals surface area (Å²) in [7, 11) is 0. The van der Waals surface area contributed by atoms with E-state index in [1.807, 2.05) is 37.8 Å². The van der Waals surface area contributed by atoms with Gasteiger partial charge in [0.15, 0.2) is 5.82 Å². The molecule has 36 heavy (non-hydrogen) atoms. The van der Waals surface area contributed by atoms with Crippen LogP contribution in [0.2, 0.25) is 5.02 Å². The molecule has 1 fully saturated rings. The smallest absolute Gasteiger partial charge is 0.317 e. The van der Waals surface area contributed by atoms with Crippen LogP contribution in [0.25, 0.3) is 0 Å². The highest BCUT2D eigenvalue weighted by Gasteiger charge is 2.25. The highest BCUT2D eigenvalue weighted by molar-refractivity contribution is 6.32. The third kappa shape index (κ3) is 5.65. The highest BCUT2D eigenvalue weighted by Crippen LogP contribution is 2.31. The van der Waals surface area contributed by atoms with E-state index >= 15 is 0 Å². The second kappa shape index (κ2) is 9.85. The fraction of sp³-hybridized carbons (Fsp3) is 0.370. The van der Waals surface area contributed by atoms with Crippen LogP contribution < -0.4 is 20.9 Å². The molecule has 6 bridgehead atoms. The molecule has 0 aliphatic carbocycles. The topological polar surface area (TPSA) is 85.4 Å². The van der Waals surface area contributed by atoms with Crippen LogP contribution in [0.3, 0.4) is 0 Å². The third-order valence-electron chi connectivity index (χ3n) is 6.34. The van der Waals surface area contributed by atoms with Crippen LogP contribution in [0.15, 0.2) is 48.7 Å². The van der Waals surface area contributed by atoms with Crippen molar-refractivity contribution in [3.8, 4) is 0 Å². The molecule has 0 atom stereocenters. The molecule has 0 unspecified atom stereocenters. The Labute approximate surface area is 217 Å². The molecule has 2 amide bonds. The summed E-state index contributed by atoms with van der Waals surface area (Å²) in [5.41, 5.74) is 5.31. The number of urea groups is 1. The van der Waals surface area contributed by atoms with Crippen molar-refractivity contribution in [2.75, 3.05) is 41.7 Å². The first kappa shape index (κ1) is 24.2. The van der Waals surface area contributed by atoms with Crippen molar-refractivity contribution >= 4 is 46.5 Å². The zero-order chi connectivity index (χ0) is 25.3. The molecule has 3 N–H and O–H groups in total. The Morgan fingerprint density at radius 3 is 2.56 bits per heavy atom. The van der Waals surface area contributed by atoms with Gasteiger partial charge in [-0.05, 0) is 75.1 Å². The summed E-state index contributed by atoms with van der Waals surface area (Å²) in [6, 6.07) is 14.7. The summed E-state index contributed by atoms with van der Waals surface area (Å²) >= 11 is 6.40. The minimum atomic E-state index is -0.244. The zero-order valence-electron chi connectivity index (χ0n) is 20.9. The van der Waals surface area contributed by atoms with E-state index in [1.54, 1.807) is 6.20 Å². The molecule has 1 aromatic heterocycles. The largest absolute Gasteiger partial charge is 0.368 e. The molecular weight excluding hydrogens is 474 g/mol. The van der Waals surface area contributed by atoms with Crippen molar-refractivity contribution in [1.29, 1.82) is 0 Å². The van der Waals surface area contributed by atoms with Crippen LogP contribution in [0, 0.1) is 0 Å². The molecule has 0 spiro atoms. The highest BCUT2D eigenvalue weighted by atomic mass is 35.5. The summed E-state index contributed by atoms with van der Waals surface area (Å²) in [5.74, 6) is 1.05. The lowest BCUT2D eigenvalue weighted by molar-refractivity contribution is 0.185. The maximum atomic E-state index is 12.6. The predicted octanol–water partition coefficient (Wildman–Crippen LogP) is 5.35. The van der Waals surface area contributed by atoms with E-state index < -0.39 is 0 Å². The molecule has 188 valence electrons. The number of aryl methyl sites for hydroxylation is 2. The Morgan fingerprint density at radius 1 is 1.00 bits per heavy atom. The van der Waals surface area contributed by atoms with Crippen LogP contribution >= 0.6 is 11.6 Å². The number of rotatable bonds is 1. The minimum absolute atomic E-state index is 0.00188. The van der Waals surface area contributed by atoms with Gasteiger partial charge in [0.2, 0.25) is 5.95 Å². The fourth-order valence-corrected chi connectivity index (χ4v) is 4.73. The van der Waals surface area contributed by atoms with Crippen LogP contribution in [0.4, 0.5) is 33.6 Å². The van der Waals surface area contributed by atoms with Crippen molar-refractivity contribution < 1.29 is 4.79 Å². The number of nitrogens with zero attached hydrogens (tertiary/aromatic N) is 4. The second-order valence-electron chi connectivity index (χ2n) is 10.3. The number of aromatic nitrogens is 2. The molecule has 3 heterocycles. The Bertz CT molecular complexity index is 1270. The number of amides is 2. The fourth-order valence-electron chi connectivity index (χ4n) is 4.59. The Kier molecular flexibility index (Phi) is 6.62. The van der Waals surface area contributed by atoms with E-state index in [0.29, 0.717) is 29.9 Å². The van der Waals surface area contributed by atoms with Gasteiger partial charge in [0.05, 0.1) is 6.20 Å². The molecule has 8 nitrogen and oxygen atoms in total. The van der Waals surface area contributed by atoms with Crippen LogP contribution in [0.1, 0.15) is 31.9 Å². The van der Waals surface area contributed by atoms with Gasteiger partial charge in [0, 0.05) is 48.8 Å². The first-order chi connectivity index (χ1) is 17.2. The lowest BCUT2D eigenvalue weighted by Gasteiger charge is -2.38. The predicted molar refractivity (Wildman–Crippen MR) is 146 cm³/mol. The van der Waals surface area contributed by atoms with E-state index in [2.05, 4.69) is 61.2 Å². The number of nitrogens with one attached hydrogen (secondary N) is 3. The molecule has 3 aromatic rings. The SMILES string of the molecule is CC(C)(C)NC(=O)N1CCN(c2ccc3cc2CCc2cccc(c2)Nc2ncc(Cl)c(n2)N3)CC1. The molecule has 9 heteroatoms. The second-order valence-corrected chi connectivity index (χ2v) is 10.7. The lowest BCUT2D eigenvalue weighted by atomic mass is 10.0. The number of hydrogen-bond acceptors (Lipinski definition) is 6. The van der Waals surface area contributed by atoms with Gasteiger partial charge in [0.1, 0.15) is 5.02 Å². The number of carbonyl (C=O) groups excluding carboxylic acids is 1. The molecule has 2 aliphatic rings. The van der Waals surface area contributed by atoms with Crippen LogP contribution in [0.5, 0.6) is 0 Å². The van der Waals surface area contributed by atoms with Gasteiger partial charge in [0.25, 0.3) is 0 Å². The first-order valence-electron chi connectivity index (χ1n) is 12.3. The zero-order valence-corrected chi connectivity index (χ0v) is 21.7. The average molecular weight is 506 g/mol. The summed E-state index contributed by atoms with van der Waals surface area (Å²) in [4.78, 5) is 25.8. The number of halogens is 1. The van der Waals surface area contributed by atoms with Gasteiger partial charge < -0.3 is 25.8 Å². The summed E-state index contributed by atoms with van der Waals surface area (Å²) in [6.45, 7) is 8.97. The first-order valence-corrected chi connectivity index (χ1v) is 12.7. The van der Waals surface area contributed by atoms with Gasteiger partial charge in [-0.1, -0.05) is 23.7 Å². The van der Waals surface area contributed by atoms with Crippen molar-refractivity contribution in [3.63, 3.8) is 0 Å². The number of benzene rings is 2. The van der Waals surface area contributed by atoms with Crippen molar-refractivity contribution in [2.24, 2.45) is 0 Å². The summed E-state index contributed by atoms with van der Waals surface area (Å²) < 4.78 is 0. The average Bonchev–Trinajstić information content (AvgIpc) is 2.84. The quantitative estimate of drug-likeness (QED) is 0.413. The monoisotopic (exact) mass is 505 g/mol. The third-order valence-corrected chi connectivity index (χ3v) is 6.62. The van der Waals surface area contributed by atoms with Gasteiger partial charge in [-0.2, -0.15) is 4.98 Å². The van der Waals surface area contributed by atoms with Crippen molar-refractivity contribution in [1.82, 2.24) is 20.2 Å². The number of fused-ring (bicyclic) bond motifs is 6. The van der Waals surface area contributed by atoms with Gasteiger partial charge in [-0.3, -0.25) is 0 Å². The lowest BCUT2D eigenvalue weighted by Crippen LogP contribution is -2.55. The summed E-state index contributed by atoms with van der Waals surface area (Å²) in [5, 5.41) is 10.2. The minimum Gasteiger partial charge on any atom is -0.368 e. The van der Waals surface area contributed by atoms with E-state index in [4.69, 9.17) is 11.6 Å². The molecule has 2 aromatic carbocycles. The molecule has 1 saturated heterocycles. The molecule has 0 saturated carbocycles. The number of anilines is 5. The maximum Gasteiger partial charge on any atom is 0.317 e. The van der Waals surface area contributed by atoms with E-state index in [9.17, 15) is 4.79 Å². The molecular formula is C27H32ClN7O. The normalized spacial score (nSPS) is 15.6. The molecule has 5 rings (SSSR count). The molecule has 2 aliphatic heterocycles. The van der Waals surface area contributed by atoms with Crippen LogP contribution in [-0.4, -0.2) is 52.6 Å². The standard InChI is InChI=1S/C27H32ClN7O/c1-27(2,3)33-26(36)35-13-11-34(12-14-35)23-10-9-21-16-19(23)8-7-18-5-4-6-20(15-18)31-25-29-17-22(28)24(30-21)32-25/h4-6,9-10,15-17H,7-8,11-14H2,1-3H3,(H,33,36)(H2,29,30,31,32). The Balaban J connectivity index is 1.41. The number of piperazine rings is 1. The van der Waals surface area contributed by atoms with E-state index in [0.717, 1.165) is 37.3 Å². The Hall–Kier alpha value is -3.52. The maximum absolute atomic E-state index is 12.6. The van der Waals surface area contributed by atoms with E-state index in [1.165, 1.54) is 16.8 Å². The Morgan fingerprint density at radius 2 is 1.78 bits per heavy atom. The van der Waals surface area contributed by atoms with Gasteiger partial charge in [-0.25, -0.2) is 9.78 Å². The molecule has 0 radical (unpaired) electrons. The number of carbonyl (C=O) groups is 1. The van der Waals surface area contributed by atoms with Crippen molar-refractivity contribution in [3.05, 3.63) is 64.8 Å². The summed E-state index contributed by atoms with van der Waals surface area (Å²) in [6.07, 6.45) is 3.39. The van der Waals surface area contributed by atoms with Crippen LogP contribution in [-0.2, 0) is 12.8 Å². The van der Waals surface area contributed by atoms with Crippen molar-refractivity contribution in [2.45, 2.75) is 39.2 Å². The van der Waals surface area contributed by atoms with Gasteiger partial charge >= 0.3 is 6.03 Å².